The summed E-state index contributed by atoms with van der Waals surface area (Å²) in [4.78, 5) is 34.6. The minimum Gasteiger partial charge on any atom is -0.355 e. The molecule has 5 rings (SSSR count). The van der Waals surface area contributed by atoms with Gasteiger partial charge in [-0.1, -0.05) is 49.4 Å². The molecule has 2 N–H and O–H groups in total. The van der Waals surface area contributed by atoms with Crippen LogP contribution in [0.4, 0.5) is 10.5 Å². The van der Waals surface area contributed by atoms with Crippen molar-refractivity contribution in [3.05, 3.63) is 78.0 Å². The summed E-state index contributed by atoms with van der Waals surface area (Å²) in [7, 11) is 0. The van der Waals surface area contributed by atoms with Crippen LogP contribution in [-0.2, 0) is 16.8 Å². The maximum absolute atomic E-state index is 14.2. The SMILES string of the molecule is C=CCN1C(=O)[C@@]2(c3ccccc31)c1[nH]c3ccccc3c1CCN2C(=O)NCCC. The number of benzene rings is 2. The zero-order valence-electron chi connectivity index (χ0n) is 17.6. The normalized spacial score (nSPS) is 19.6. The van der Waals surface area contributed by atoms with Crippen LogP contribution in [0.1, 0.15) is 30.2 Å². The molecule has 3 aromatic rings. The van der Waals surface area contributed by atoms with E-state index in [-0.39, 0.29) is 11.9 Å². The molecule has 0 aliphatic carbocycles. The minimum absolute atomic E-state index is 0.118. The predicted octanol–water partition coefficient (Wildman–Crippen LogP) is 3.92. The van der Waals surface area contributed by atoms with E-state index in [9.17, 15) is 9.59 Å². The Balaban J connectivity index is 1.81. The van der Waals surface area contributed by atoms with Crippen molar-refractivity contribution in [2.75, 3.05) is 24.5 Å². The molecule has 0 radical (unpaired) electrons. The minimum atomic E-state index is -1.22. The lowest BCUT2D eigenvalue weighted by atomic mass is 9.80. The van der Waals surface area contributed by atoms with Crippen LogP contribution in [-0.4, -0.2) is 41.5 Å². The highest BCUT2D eigenvalue weighted by Gasteiger charge is 2.60. The number of aromatic nitrogens is 1. The summed E-state index contributed by atoms with van der Waals surface area (Å²) < 4.78 is 0. The van der Waals surface area contributed by atoms with E-state index >= 15 is 0 Å². The van der Waals surface area contributed by atoms with Gasteiger partial charge in [0.05, 0.1) is 11.4 Å². The van der Waals surface area contributed by atoms with E-state index in [0.29, 0.717) is 26.1 Å². The summed E-state index contributed by atoms with van der Waals surface area (Å²) in [6.45, 7) is 7.28. The Morgan fingerprint density at radius 3 is 2.81 bits per heavy atom. The molecule has 0 saturated carbocycles. The number of rotatable bonds is 4. The number of fused-ring (bicyclic) bond motifs is 6. The lowest BCUT2D eigenvalue weighted by Gasteiger charge is -2.43. The monoisotopic (exact) mass is 414 g/mol. The van der Waals surface area contributed by atoms with Crippen LogP contribution >= 0.6 is 0 Å². The Bertz CT molecular complexity index is 1200. The van der Waals surface area contributed by atoms with E-state index in [2.05, 4.69) is 22.9 Å². The molecule has 0 unspecified atom stereocenters. The molecule has 2 aromatic carbocycles. The Morgan fingerprint density at radius 2 is 2.00 bits per heavy atom. The third-order valence-corrected chi connectivity index (χ3v) is 6.39. The summed E-state index contributed by atoms with van der Waals surface area (Å²) in [6.07, 6.45) is 3.25. The van der Waals surface area contributed by atoms with Crippen LogP contribution in [0.15, 0.2) is 61.2 Å². The quantitative estimate of drug-likeness (QED) is 0.636. The number of amides is 3. The number of hydrogen-bond acceptors (Lipinski definition) is 2. The van der Waals surface area contributed by atoms with Gasteiger partial charge in [-0.15, -0.1) is 6.58 Å². The van der Waals surface area contributed by atoms with Crippen molar-refractivity contribution in [3.63, 3.8) is 0 Å². The van der Waals surface area contributed by atoms with Crippen molar-refractivity contribution < 1.29 is 9.59 Å². The fraction of sp³-hybridized carbons (Fsp3) is 0.280. The van der Waals surface area contributed by atoms with Crippen LogP contribution in [0.25, 0.3) is 10.9 Å². The maximum Gasteiger partial charge on any atom is 0.318 e. The van der Waals surface area contributed by atoms with Crippen LogP contribution in [0.5, 0.6) is 0 Å². The first-order valence-corrected chi connectivity index (χ1v) is 10.8. The molecule has 0 fully saturated rings. The molecule has 2 aliphatic rings. The molecule has 1 aromatic heterocycles. The van der Waals surface area contributed by atoms with E-state index in [1.165, 1.54) is 0 Å². The van der Waals surface area contributed by atoms with Gasteiger partial charge in [0.2, 0.25) is 0 Å². The molecule has 2 aliphatic heterocycles. The van der Waals surface area contributed by atoms with Crippen molar-refractivity contribution >= 4 is 28.5 Å². The topological polar surface area (TPSA) is 68.4 Å². The van der Waals surface area contributed by atoms with Gasteiger partial charge >= 0.3 is 6.03 Å². The highest BCUT2D eigenvalue weighted by atomic mass is 16.2. The molecule has 1 spiro atoms. The third-order valence-electron chi connectivity index (χ3n) is 6.39. The lowest BCUT2D eigenvalue weighted by molar-refractivity contribution is -0.126. The molecule has 6 nitrogen and oxygen atoms in total. The average molecular weight is 415 g/mol. The molecular weight excluding hydrogens is 388 g/mol. The second-order valence-electron chi connectivity index (χ2n) is 8.09. The van der Waals surface area contributed by atoms with E-state index in [1.54, 1.807) is 15.9 Å². The molecule has 3 amide bonds. The number of para-hydroxylation sites is 2. The molecule has 158 valence electrons. The maximum atomic E-state index is 14.2. The molecule has 1 atom stereocenters. The molecule has 0 saturated heterocycles. The lowest BCUT2D eigenvalue weighted by Crippen LogP contribution is -2.61. The Hall–Kier alpha value is -3.54. The largest absolute Gasteiger partial charge is 0.355 e. The van der Waals surface area contributed by atoms with E-state index < -0.39 is 5.54 Å². The second-order valence-corrected chi connectivity index (χ2v) is 8.09. The summed E-state index contributed by atoms with van der Waals surface area (Å²) in [5.74, 6) is -0.118. The van der Waals surface area contributed by atoms with Crippen LogP contribution < -0.4 is 10.2 Å². The zero-order valence-corrected chi connectivity index (χ0v) is 17.6. The van der Waals surface area contributed by atoms with Crippen molar-refractivity contribution in [1.82, 2.24) is 15.2 Å². The van der Waals surface area contributed by atoms with Crippen molar-refractivity contribution in [1.29, 1.82) is 0 Å². The van der Waals surface area contributed by atoms with Crippen LogP contribution in [0.2, 0.25) is 0 Å². The predicted molar refractivity (Wildman–Crippen MR) is 122 cm³/mol. The van der Waals surface area contributed by atoms with Gasteiger partial charge in [0.1, 0.15) is 0 Å². The number of carbonyl (C=O) groups is 2. The summed E-state index contributed by atoms with van der Waals surface area (Å²) in [5, 5.41) is 4.11. The van der Waals surface area contributed by atoms with E-state index in [4.69, 9.17) is 0 Å². The van der Waals surface area contributed by atoms with Gasteiger partial charge in [0, 0.05) is 36.1 Å². The highest BCUT2D eigenvalue weighted by molar-refractivity contribution is 6.12. The first-order valence-electron chi connectivity index (χ1n) is 10.8. The summed E-state index contributed by atoms with van der Waals surface area (Å²) in [5.41, 5.74) is 3.34. The standard InChI is InChI=1S/C25H26N4O2/c1-3-14-26-24(31)29-16-13-18-17-9-5-7-11-20(17)27-22(18)25(29)19-10-6-8-12-21(19)28(15-4-2)23(25)30/h4-12,27H,2-3,13-16H2,1H3,(H,26,31)/t25-/m1/s1. The van der Waals surface area contributed by atoms with Crippen molar-refractivity contribution in [2.45, 2.75) is 25.3 Å². The summed E-state index contributed by atoms with van der Waals surface area (Å²) >= 11 is 0. The number of H-pyrrole nitrogens is 1. The Morgan fingerprint density at radius 1 is 1.23 bits per heavy atom. The molecule has 6 heteroatoms. The van der Waals surface area contributed by atoms with Crippen LogP contribution in [0.3, 0.4) is 0 Å². The fourth-order valence-corrected chi connectivity index (χ4v) is 5.12. The molecule has 31 heavy (non-hydrogen) atoms. The van der Waals surface area contributed by atoms with Crippen LogP contribution in [0, 0.1) is 0 Å². The second kappa shape index (κ2) is 7.30. The Labute approximate surface area is 181 Å². The average Bonchev–Trinajstić information content (AvgIpc) is 3.29. The van der Waals surface area contributed by atoms with Gasteiger partial charge in [0.15, 0.2) is 5.54 Å². The van der Waals surface area contributed by atoms with Gasteiger partial charge in [-0.3, -0.25) is 4.79 Å². The number of anilines is 1. The number of urea groups is 1. The Kier molecular flexibility index (Phi) is 4.58. The molecule has 0 bridgehead atoms. The smallest absolute Gasteiger partial charge is 0.318 e. The van der Waals surface area contributed by atoms with Gasteiger partial charge in [-0.25, -0.2) is 4.79 Å². The van der Waals surface area contributed by atoms with Crippen molar-refractivity contribution in [3.8, 4) is 0 Å². The number of nitrogens with zero attached hydrogens (tertiary/aromatic N) is 2. The number of carbonyl (C=O) groups excluding carboxylic acids is 2. The third kappa shape index (κ3) is 2.57. The van der Waals surface area contributed by atoms with E-state index in [1.807, 2.05) is 49.4 Å². The van der Waals surface area contributed by atoms with Crippen molar-refractivity contribution in [2.24, 2.45) is 0 Å². The van der Waals surface area contributed by atoms with Gasteiger partial charge in [0.25, 0.3) is 5.91 Å². The van der Waals surface area contributed by atoms with E-state index in [0.717, 1.165) is 39.8 Å². The molecular formula is C25H26N4O2. The van der Waals surface area contributed by atoms with Gasteiger partial charge in [-0.05, 0) is 30.5 Å². The number of nitrogens with one attached hydrogen (secondary N) is 2. The number of hydrogen-bond donors (Lipinski definition) is 2. The fourth-order valence-electron chi connectivity index (χ4n) is 5.12. The van der Waals surface area contributed by atoms with Gasteiger partial charge < -0.3 is 20.1 Å². The highest BCUT2D eigenvalue weighted by Crippen LogP contribution is 2.51. The number of aromatic amines is 1. The first kappa shape index (κ1) is 19.4. The summed E-state index contributed by atoms with van der Waals surface area (Å²) in [6, 6.07) is 15.7. The van der Waals surface area contributed by atoms with Gasteiger partial charge in [-0.2, -0.15) is 0 Å². The zero-order chi connectivity index (χ0) is 21.6. The molecule has 3 heterocycles. The first-order chi connectivity index (χ1) is 15.1.